The van der Waals surface area contributed by atoms with Gasteiger partial charge in [0.15, 0.2) is 0 Å². The second kappa shape index (κ2) is 8.97. The van der Waals surface area contributed by atoms with E-state index in [2.05, 4.69) is 42.5 Å². The summed E-state index contributed by atoms with van der Waals surface area (Å²) in [6, 6.07) is 14.8. The van der Waals surface area contributed by atoms with Gasteiger partial charge in [0.2, 0.25) is 5.91 Å². The molecule has 0 bridgehead atoms. The van der Waals surface area contributed by atoms with Gasteiger partial charge < -0.3 is 15.4 Å². The van der Waals surface area contributed by atoms with Crippen molar-refractivity contribution in [1.82, 2.24) is 4.90 Å². The van der Waals surface area contributed by atoms with Crippen molar-refractivity contribution in [3.05, 3.63) is 48.0 Å². The number of amides is 1. The van der Waals surface area contributed by atoms with Gasteiger partial charge in [-0.25, -0.2) is 0 Å². The molecule has 0 aliphatic carbocycles. The summed E-state index contributed by atoms with van der Waals surface area (Å²) in [5, 5.41) is 2.48. The molecule has 3 rings (SSSR count). The predicted octanol–water partition coefficient (Wildman–Crippen LogP) is 3.13. The average Bonchev–Trinajstić information content (AvgIpc) is 2.66. The molecule has 2 N–H and O–H groups in total. The minimum absolute atomic E-state index is 0.258. The van der Waals surface area contributed by atoms with Crippen molar-refractivity contribution in [2.45, 2.75) is 38.2 Å². The Balaban J connectivity index is 1.44. The van der Waals surface area contributed by atoms with Crippen LogP contribution in [0.25, 0.3) is 10.8 Å². The number of nitrogens with two attached hydrogens (primary N) is 1. The molecule has 1 amide bonds. The third-order valence-corrected chi connectivity index (χ3v) is 4.94. The number of fused-ring (bicyclic) bond motifs is 1. The summed E-state index contributed by atoms with van der Waals surface area (Å²) < 4.78 is 5.80. The first-order valence-corrected chi connectivity index (χ1v) is 9.33. The Kier molecular flexibility index (Phi) is 6.42. The smallest absolute Gasteiger partial charge is 0.222 e. The van der Waals surface area contributed by atoms with Crippen molar-refractivity contribution < 1.29 is 9.53 Å². The fraction of sp³-hybridized carbons (Fsp3) is 0.476. The number of ether oxygens (including phenoxy) is 1. The van der Waals surface area contributed by atoms with E-state index in [0.29, 0.717) is 13.0 Å². The second-order valence-electron chi connectivity index (χ2n) is 6.77. The lowest BCUT2D eigenvalue weighted by Gasteiger charge is -2.32. The Morgan fingerprint density at radius 2 is 1.88 bits per heavy atom. The zero-order valence-corrected chi connectivity index (χ0v) is 14.8. The first-order valence-electron chi connectivity index (χ1n) is 9.33. The quantitative estimate of drug-likeness (QED) is 0.788. The maximum atomic E-state index is 12.5. The van der Waals surface area contributed by atoms with E-state index in [1.807, 2.05) is 4.90 Å². The number of carbonyl (C=O) groups excluding carboxylic acids is 1. The van der Waals surface area contributed by atoms with Crippen LogP contribution in [0.5, 0.6) is 0 Å². The number of carbonyl (C=O) groups is 1. The molecule has 1 heterocycles. The Morgan fingerprint density at radius 3 is 2.64 bits per heavy atom. The average molecular weight is 340 g/mol. The lowest BCUT2D eigenvalue weighted by atomic mass is 10.0. The minimum atomic E-state index is 0.258. The number of aryl methyl sites for hydroxylation is 1. The highest BCUT2D eigenvalue weighted by molar-refractivity contribution is 5.83. The summed E-state index contributed by atoms with van der Waals surface area (Å²) >= 11 is 0. The normalized spacial score (nSPS) is 15.6. The van der Waals surface area contributed by atoms with E-state index in [-0.39, 0.29) is 12.0 Å². The highest BCUT2D eigenvalue weighted by Crippen LogP contribution is 2.18. The van der Waals surface area contributed by atoms with Crippen LogP contribution in [-0.4, -0.2) is 43.2 Å². The van der Waals surface area contributed by atoms with Gasteiger partial charge in [-0.2, -0.15) is 0 Å². The number of nitrogens with zero attached hydrogens (tertiary/aromatic N) is 1. The van der Waals surface area contributed by atoms with Crippen LogP contribution in [0.1, 0.15) is 31.2 Å². The van der Waals surface area contributed by atoms with Crippen molar-refractivity contribution in [3.63, 3.8) is 0 Å². The molecule has 1 saturated heterocycles. The molecule has 0 unspecified atom stereocenters. The maximum absolute atomic E-state index is 12.5. The molecule has 2 aromatic rings. The van der Waals surface area contributed by atoms with Gasteiger partial charge in [-0.05, 0) is 48.6 Å². The van der Waals surface area contributed by atoms with E-state index < -0.39 is 0 Å². The molecule has 1 aliphatic rings. The third kappa shape index (κ3) is 5.03. The van der Waals surface area contributed by atoms with Crippen molar-refractivity contribution >= 4 is 16.7 Å². The van der Waals surface area contributed by atoms with Crippen LogP contribution >= 0.6 is 0 Å². The molecule has 1 aliphatic heterocycles. The lowest BCUT2D eigenvalue weighted by Crippen LogP contribution is -2.41. The zero-order valence-electron chi connectivity index (χ0n) is 14.8. The fourth-order valence-corrected chi connectivity index (χ4v) is 3.41. The lowest BCUT2D eigenvalue weighted by molar-refractivity contribution is -0.133. The number of piperidine rings is 1. The third-order valence-electron chi connectivity index (χ3n) is 4.94. The zero-order chi connectivity index (χ0) is 17.5. The summed E-state index contributed by atoms with van der Waals surface area (Å²) in [7, 11) is 0. The second-order valence-corrected chi connectivity index (χ2v) is 6.77. The van der Waals surface area contributed by atoms with Gasteiger partial charge in [0.25, 0.3) is 0 Å². The van der Waals surface area contributed by atoms with Crippen LogP contribution in [-0.2, 0) is 16.0 Å². The summed E-state index contributed by atoms with van der Waals surface area (Å²) in [4.78, 5) is 14.5. The Morgan fingerprint density at radius 1 is 1.12 bits per heavy atom. The van der Waals surface area contributed by atoms with E-state index in [0.717, 1.165) is 45.4 Å². The number of hydrogen-bond acceptors (Lipinski definition) is 3. The first-order chi connectivity index (χ1) is 12.3. The minimum Gasteiger partial charge on any atom is -0.378 e. The molecule has 0 aromatic heterocycles. The molecule has 0 radical (unpaired) electrons. The largest absolute Gasteiger partial charge is 0.378 e. The highest BCUT2D eigenvalue weighted by atomic mass is 16.5. The fourth-order valence-electron chi connectivity index (χ4n) is 3.41. The number of hydrogen-bond donors (Lipinski definition) is 1. The van der Waals surface area contributed by atoms with E-state index in [9.17, 15) is 4.79 Å². The molecule has 0 saturated carbocycles. The van der Waals surface area contributed by atoms with Crippen LogP contribution in [0.15, 0.2) is 42.5 Å². The molecular formula is C21H28N2O2. The van der Waals surface area contributed by atoms with Crippen molar-refractivity contribution in [2.75, 3.05) is 26.2 Å². The first kappa shape index (κ1) is 17.9. The number of benzene rings is 2. The van der Waals surface area contributed by atoms with Gasteiger partial charge in [0.05, 0.1) is 6.10 Å². The van der Waals surface area contributed by atoms with Crippen LogP contribution in [0.2, 0.25) is 0 Å². The number of rotatable bonds is 7. The molecule has 2 aromatic carbocycles. The van der Waals surface area contributed by atoms with Gasteiger partial charge in [-0.3, -0.25) is 4.79 Å². The predicted molar refractivity (Wildman–Crippen MR) is 101 cm³/mol. The molecule has 134 valence electrons. The van der Waals surface area contributed by atoms with Crippen molar-refractivity contribution in [1.29, 1.82) is 0 Å². The van der Waals surface area contributed by atoms with Crippen LogP contribution in [0.4, 0.5) is 0 Å². The molecule has 4 heteroatoms. The van der Waals surface area contributed by atoms with E-state index in [1.165, 1.54) is 16.3 Å². The van der Waals surface area contributed by atoms with Crippen molar-refractivity contribution in [2.24, 2.45) is 5.73 Å². The van der Waals surface area contributed by atoms with E-state index in [4.69, 9.17) is 10.5 Å². The molecule has 25 heavy (non-hydrogen) atoms. The van der Waals surface area contributed by atoms with Gasteiger partial charge in [0.1, 0.15) is 0 Å². The maximum Gasteiger partial charge on any atom is 0.222 e. The van der Waals surface area contributed by atoms with E-state index in [1.54, 1.807) is 0 Å². The summed E-state index contributed by atoms with van der Waals surface area (Å²) in [6.07, 6.45) is 4.45. The van der Waals surface area contributed by atoms with Crippen molar-refractivity contribution in [3.8, 4) is 0 Å². The Labute approximate surface area is 149 Å². The van der Waals surface area contributed by atoms with Crippen LogP contribution in [0, 0.1) is 0 Å². The Bertz CT molecular complexity index is 693. The molecule has 0 spiro atoms. The SMILES string of the molecule is NCCCOC1CCN(C(=O)CCc2ccc3ccccc3c2)CC1. The highest BCUT2D eigenvalue weighted by Gasteiger charge is 2.22. The van der Waals surface area contributed by atoms with Gasteiger partial charge in [-0.1, -0.05) is 42.5 Å². The van der Waals surface area contributed by atoms with Gasteiger partial charge >= 0.3 is 0 Å². The topological polar surface area (TPSA) is 55.6 Å². The summed E-state index contributed by atoms with van der Waals surface area (Å²) in [5.74, 6) is 0.258. The molecular weight excluding hydrogens is 312 g/mol. The number of likely N-dealkylation sites (tertiary alicyclic amines) is 1. The molecule has 1 fully saturated rings. The Hall–Kier alpha value is -1.91. The monoisotopic (exact) mass is 340 g/mol. The molecule has 4 nitrogen and oxygen atoms in total. The summed E-state index contributed by atoms with van der Waals surface area (Å²) in [6.45, 7) is 3.02. The molecule has 0 atom stereocenters. The van der Waals surface area contributed by atoms with Crippen LogP contribution in [0.3, 0.4) is 0 Å². The van der Waals surface area contributed by atoms with Gasteiger partial charge in [-0.15, -0.1) is 0 Å². The van der Waals surface area contributed by atoms with E-state index >= 15 is 0 Å². The standard InChI is InChI=1S/C21H28N2O2/c22-12-3-15-25-20-10-13-23(14-11-20)21(24)9-7-17-6-8-18-4-1-2-5-19(18)16-17/h1-2,4-6,8,16,20H,3,7,9-15,22H2. The summed E-state index contributed by atoms with van der Waals surface area (Å²) in [5.41, 5.74) is 6.71. The van der Waals surface area contributed by atoms with Gasteiger partial charge in [0, 0.05) is 26.1 Å². The van der Waals surface area contributed by atoms with Crippen LogP contribution < -0.4 is 5.73 Å².